The lowest BCUT2D eigenvalue weighted by atomic mass is 9.89. The molecule has 0 spiro atoms. The van der Waals surface area contributed by atoms with E-state index in [2.05, 4.69) is 0 Å². The van der Waals surface area contributed by atoms with Gasteiger partial charge in [0.2, 0.25) is 0 Å². The third kappa shape index (κ3) is 16.9. The van der Waals surface area contributed by atoms with Gasteiger partial charge in [0.05, 0.1) is 50.3 Å². The number of aliphatic hydroxyl groups is 1. The monoisotopic (exact) mass is 676 g/mol. The highest BCUT2D eigenvalue weighted by Crippen LogP contribution is 2.38. The molecule has 1 aliphatic rings. The topological polar surface area (TPSA) is 111 Å². The summed E-state index contributed by atoms with van der Waals surface area (Å²) in [6.45, 7) is 4.90. The number of hydrogen-bond donors (Lipinski definition) is 1. The summed E-state index contributed by atoms with van der Waals surface area (Å²) < 4.78 is 83.3. The van der Waals surface area contributed by atoms with Gasteiger partial charge < -0.3 is 43.0 Å². The number of halogens is 3. The molecule has 2 rings (SSSR count). The number of benzene rings is 1. The number of allylic oxidation sites excluding steroid dienone is 2. The molecule has 1 aromatic rings. The van der Waals surface area contributed by atoms with Crippen molar-refractivity contribution in [3.05, 3.63) is 54.1 Å². The molecule has 0 amide bonds. The average Bonchev–Trinajstić information content (AvgIpc) is 3.32. The first-order valence-corrected chi connectivity index (χ1v) is 15.9. The lowest BCUT2D eigenvalue weighted by molar-refractivity contribution is -0.147. The van der Waals surface area contributed by atoms with Crippen LogP contribution in [0.1, 0.15) is 51.5 Å². The number of carbonyl (C=O) groups is 1. The van der Waals surface area contributed by atoms with Crippen LogP contribution in [0.4, 0.5) is 13.2 Å². The van der Waals surface area contributed by atoms with E-state index in [0.29, 0.717) is 58.5 Å². The smallest absolute Gasteiger partial charge is 0.416 e. The van der Waals surface area contributed by atoms with Gasteiger partial charge in [-0.1, -0.05) is 30.4 Å². The first kappa shape index (κ1) is 40.7. The van der Waals surface area contributed by atoms with Gasteiger partial charge >= 0.3 is 12.1 Å². The van der Waals surface area contributed by atoms with E-state index in [4.69, 9.17) is 37.9 Å². The van der Waals surface area contributed by atoms with Crippen LogP contribution < -0.4 is 4.74 Å². The molecule has 1 fully saturated rings. The highest BCUT2D eigenvalue weighted by atomic mass is 19.4. The second kappa shape index (κ2) is 22.9. The Labute approximate surface area is 276 Å². The van der Waals surface area contributed by atoms with Crippen LogP contribution in [0.2, 0.25) is 0 Å². The number of alkyl halides is 3. The van der Waals surface area contributed by atoms with Gasteiger partial charge in [-0.2, -0.15) is 13.2 Å². The molecule has 47 heavy (non-hydrogen) atoms. The maximum absolute atomic E-state index is 13.2. The summed E-state index contributed by atoms with van der Waals surface area (Å²) in [6.07, 6.45) is 3.90. The van der Waals surface area contributed by atoms with Crippen molar-refractivity contribution in [2.75, 3.05) is 60.8 Å². The lowest BCUT2D eigenvalue weighted by Crippen LogP contribution is -2.25. The summed E-state index contributed by atoms with van der Waals surface area (Å²) in [6, 6.07) is 4.64. The zero-order chi connectivity index (χ0) is 34.5. The highest BCUT2D eigenvalue weighted by molar-refractivity contribution is 5.69. The van der Waals surface area contributed by atoms with Crippen molar-refractivity contribution in [1.29, 1.82) is 0 Å². The maximum atomic E-state index is 13.2. The molecule has 0 radical (unpaired) electrons. The number of unbranched alkanes of at least 4 members (excludes halogenated alkanes) is 1. The van der Waals surface area contributed by atoms with Crippen LogP contribution in [-0.2, 0) is 44.1 Å². The summed E-state index contributed by atoms with van der Waals surface area (Å²) >= 11 is 0. The van der Waals surface area contributed by atoms with Crippen LogP contribution in [0.25, 0.3) is 0 Å². The first-order chi connectivity index (χ1) is 22.5. The first-order valence-electron chi connectivity index (χ1n) is 15.9. The lowest BCUT2D eigenvalue weighted by Gasteiger charge is -2.23. The summed E-state index contributed by atoms with van der Waals surface area (Å²) in [5.74, 6) is -0.611. The van der Waals surface area contributed by atoms with Crippen molar-refractivity contribution in [1.82, 2.24) is 0 Å². The van der Waals surface area contributed by atoms with E-state index in [1.165, 1.54) is 12.1 Å². The number of methoxy groups -OCH3 is 2. The maximum Gasteiger partial charge on any atom is 0.416 e. The summed E-state index contributed by atoms with van der Waals surface area (Å²) in [5, 5.41) is 11.0. The molecule has 10 nitrogen and oxygen atoms in total. The molecule has 268 valence electrons. The predicted octanol–water partition coefficient (Wildman–Crippen LogP) is 5.72. The normalized spacial score (nSPS) is 20.9. The number of esters is 1. The van der Waals surface area contributed by atoms with Crippen molar-refractivity contribution in [3.63, 3.8) is 0 Å². The van der Waals surface area contributed by atoms with Gasteiger partial charge in [-0.05, 0) is 57.2 Å². The molecule has 0 saturated heterocycles. The standard InChI is InChI=1S/C34H51F3O10/c1-25(2)47-33(39)13-8-6-5-7-12-29-30(32(21-31(29)38)46-24-43-19-17-41-4)15-14-28(45-23-42-18-16-40-3)22-44-27-11-9-10-26(20-27)34(35,36)37/h5,7,9-11,14-15,20,25,28-32,38H,6,8,12-13,16-19,21-24H2,1-4H3/b7-5+,15-14+/t28-,29-,30-,31+,32-/m1/s1. The molecule has 0 aliphatic heterocycles. The van der Waals surface area contributed by atoms with Gasteiger partial charge in [0.15, 0.2) is 0 Å². The molecule has 1 saturated carbocycles. The fraction of sp³-hybridized carbons (Fsp3) is 0.676. The zero-order valence-electron chi connectivity index (χ0n) is 27.8. The molecular weight excluding hydrogens is 625 g/mol. The van der Waals surface area contributed by atoms with Gasteiger partial charge in [-0.25, -0.2) is 0 Å². The summed E-state index contributed by atoms with van der Waals surface area (Å²) in [4.78, 5) is 11.8. The Kier molecular flexibility index (Phi) is 19.8. The third-order valence-electron chi connectivity index (χ3n) is 7.30. The van der Waals surface area contributed by atoms with Crippen LogP contribution in [0, 0.1) is 11.8 Å². The number of aliphatic hydroxyl groups excluding tert-OH is 1. The van der Waals surface area contributed by atoms with Crippen LogP contribution in [0.15, 0.2) is 48.6 Å². The SMILES string of the molecule is COCCOCO[C@H](/C=C/[C@@H]1[C@@H](C/C=C/CCCC(=O)OC(C)C)[C@@H](O)C[C@H]1OCOCCOC)COc1cccc(C(F)(F)F)c1. The Hall–Kier alpha value is -2.52. The molecule has 1 aromatic carbocycles. The van der Waals surface area contributed by atoms with Gasteiger partial charge in [0, 0.05) is 33.0 Å². The Morgan fingerprint density at radius 2 is 1.77 bits per heavy atom. The second-order valence-corrected chi connectivity index (χ2v) is 11.4. The fourth-order valence-electron chi connectivity index (χ4n) is 4.94. The van der Waals surface area contributed by atoms with E-state index in [-0.39, 0.29) is 56.0 Å². The minimum Gasteiger partial charge on any atom is -0.491 e. The van der Waals surface area contributed by atoms with Crippen molar-refractivity contribution < 1.29 is 61.0 Å². The number of ether oxygens (including phenoxy) is 8. The average molecular weight is 677 g/mol. The quantitative estimate of drug-likeness (QED) is 0.0632. The molecule has 13 heteroatoms. The van der Waals surface area contributed by atoms with E-state index in [1.54, 1.807) is 20.3 Å². The largest absolute Gasteiger partial charge is 0.491 e. The minimum absolute atomic E-state index is 0.0199. The predicted molar refractivity (Wildman–Crippen MR) is 168 cm³/mol. The number of rotatable bonds is 24. The van der Waals surface area contributed by atoms with Crippen LogP contribution in [0.3, 0.4) is 0 Å². The fourth-order valence-corrected chi connectivity index (χ4v) is 4.94. The van der Waals surface area contributed by atoms with E-state index in [1.807, 2.05) is 32.1 Å². The third-order valence-corrected chi connectivity index (χ3v) is 7.30. The Bertz CT molecular complexity index is 1050. The molecule has 5 atom stereocenters. The molecule has 0 heterocycles. The number of carbonyl (C=O) groups excluding carboxylic acids is 1. The Morgan fingerprint density at radius 1 is 1.04 bits per heavy atom. The molecule has 0 unspecified atom stereocenters. The summed E-state index contributed by atoms with van der Waals surface area (Å²) in [7, 11) is 3.12. The van der Waals surface area contributed by atoms with Crippen LogP contribution in [-0.4, -0.2) is 96.3 Å². The van der Waals surface area contributed by atoms with Crippen LogP contribution in [0.5, 0.6) is 5.75 Å². The van der Waals surface area contributed by atoms with E-state index >= 15 is 0 Å². The van der Waals surface area contributed by atoms with Crippen molar-refractivity contribution in [3.8, 4) is 5.75 Å². The number of hydrogen-bond acceptors (Lipinski definition) is 10. The molecule has 1 aliphatic carbocycles. The van der Waals surface area contributed by atoms with Gasteiger partial charge in [0.25, 0.3) is 0 Å². The summed E-state index contributed by atoms with van der Waals surface area (Å²) in [5.41, 5.74) is -0.815. The van der Waals surface area contributed by atoms with Gasteiger partial charge in [-0.3, -0.25) is 4.79 Å². The Balaban J connectivity index is 2.13. The van der Waals surface area contributed by atoms with Gasteiger partial charge in [-0.15, -0.1) is 0 Å². The molecule has 0 bridgehead atoms. The molecule has 1 N–H and O–H groups in total. The van der Waals surface area contributed by atoms with Crippen LogP contribution >= 0.6 is 0 Å². The van der Waals surface area contributed by atoms with E-state index in [0.717, 1.165) is 12.1 Å². The zero-order valence-corrected chi connectivity index (χ0v) is 27.8. The van der Waals surface area contributed by atoms with Gasteiger partial charge in [0.1, 0.15) is 32.0 Å². The second-order valence-electron chi connectivity index (χ2n) is 11.4. The van der Waals surface area contributed by atoms with Crippen molar-refractivity contribution in [2.45, 2.75) is 76.5 Å². The highest BCUT2D eigenvalue weighted by Gasteiger charge is 2.41. The Morgan fingerprint density at radius 3 is 2.45 bits per heavy atom. The minimum atomic E-state index is -4.50. The molecule has 0 aromatic heterocycles. The molecular formula is C34H51F3O10. The van der Waals surface area contributed by atoms with E-state index in [9.17, 15) is 23.1 Å². The van der Waals surface area contributed by atoms with Crippen molar-refractivity contribution in [2.24, 2.45) is 11.8 Å². The van der Waals surface area contributed by atoms with E-state index < -0.39 is 23.9 Å². The van der Waals surface area contributed by atoms with Crippen molar-refractivity contribution >= 4 is 5.97 Å².